The lowest BCUT2D eigenvalue weighted by Crippen LogP contribution is -2.18. The number of hydrogen-bond donors (Lipinski definition) is 1. The van der Waals surface area contributed by atoms with Crippen LogP contribution in [0.3, 0.4) is 0 Å². The van der Waals surface area contributed by atoms with Crippen LogP contribution < -0.4 is 0 Å². The Kier molecular flexibility index (Phi) is 3.46. The minimum absolute atomic E-state index is 0.198. The van der Waals surface area contributed by atoms with Crippen molar-refractivity contribution in [2.75, 3.05) is 0 Å². The molecule has 0 aromatic heterocycles. The van der Waals surface area contributed by atoms with Gasteiger partial charge in [-0.1, -0.05) is 36.4 Å². The van der Waals surface area contributed by atoms with E-state index in [1.54, 1.807) is 30.3 Å². The molecule has 5 nitrogen and oxygen atoms in total. The van der Waals surface area contributed by atoms with Gasteiger partial charge < -0.3 is 0 Å². The summed E-state index contributed by atoms with van der Waals surface area (Å²) >= 11 is 0. The van der Waals surface area contributed by atoms with Crippen molar-refractivity contribution in [2.45, 2.75) is 6.42 Å². The summed E-state index contributed by atoms with van der Waals surface area (Å²) in [4.78, 5) is 22.9. The maximum absolute atomic E-state index is 12.0. The first-order chi connectivity index (χ1) is 8.89. The minimum Gasteiger partial charge on any atom is -0.293 e. The molecule has 0 aliphatic heterocycles. The van der Waals surface area contributed by atoms with Crippen molar-refractivity contribution in [1.29, 1.82) is 0 Å². The van der Waals surface area contributed by atoms with Gasteiger partial charge in [0.25, 0.3) is 10.1 Å². The molecular weight excluding hydrogens is 268 g/mol. The Morgan fingerprint density at radius 1 is 1.11 bits per heavy atom. The summed E-state index contributed by atoms with van der Waals surface area (Å²) in [6.07, 6.45) is 1.87. The molecular formula is C13H10O5S. The van der Waals surface area contributed by atoms with Gasteiger partial charge in [0.2, 0.25) is 0 Å². The molecule has 1 aliphatic carbocycles. The van der Waals surface area contributed by atoms with Crippen molar-refractivity contribution in [1.82, 2.24) is 0 Å². The largest absolute Gasteiger partial charge is 0.298 e. The van der Waals surface area contributed by atoms with Crippen LogP contribution in [0.5, 0.6) is 0 Å². The highest BCUT2D eigenvalue weighted by atomic mass is 32.2. The molecule has 1 aromatic rings. The molecule has 0 atom stereocenters. The van der Waals surface area contributed by atoms with Gasteiger partial charge in [0.15, 0.2) is 11.6 Å². The second-order valence-electron chi connectivity index (χ2n) is 3.99. The van der Waals surface area contributed by atoms with E-state index in [1.807, 2.05) is 0 Å². The molecule has 98 valence electrons. The number of benzene rings is 1. The molecule has 0 saturated heterocycles. The van der Waals surface area contributed by atoms with E-state index in [-0.39, 0.29) is 17.8 Å². The van der Waals surface area contributed by atoms with Crippen LogP contribution in [0, 0.1) is 0 Å². The second-order valence-corrected chi connectivity index (χ2v) is 5.38. The van der Waals surface area contributed by atoms with Crippen LogP contribution in [0.25, 0.3) is 0 Å². The van der Waals surface area contributed by atoms with Crippen molar-refractivity contribution in [2.24, 2.45) is 0 Å². The number of carbonyl (C=O) groups excluding carboxylic acids is 2. The van der Waals surface area contributed by atoms with Gasteiger partial charge in [0, 0.05) is 17.6 Å². The van der Waals surface area contributed by atoms with Crippen LogP contribution in [0.1, 0.15) is 16.8 Å². The third-order valence-electron chi connectivity index (χ3n) is 2.67. The van der Waals surface area contributed by atoms with Crippen LogP contribution in [-0.4, -0.2) is 24.5 Å². The molecule has 0 spiro atoms. The summed E-state index contributed by atoms with van der Waals surface area (Å²) < 4.78 is 30.6. The maximum Gasteiger partial charge on any atom is 0.298 e. The summed E-state index contributed by atoms with van der Waals surface area (Å²) in [5.41, 5.74) is 0.619. The number of rotatable bonds is 3. The van der Waals surface area contributed by atoms with Crippen molar-refractivity contribution >= 4 is 21.7 Å². The minimum atomic E-state index is -4.53. The van der Waals surface area contributed by atoms with Crippen LogP contribution in [0.4, 0.5) is 0 Å². The van der Waals surface area contributed by atoms with Crippen LogP contribution in [-0.2, 0) is 14.9 Å². The van der Waals surface area contributed by atoms with E-state index < -0.39 is 20.8 Å². The van der Waals surface area contributed by atoms with E-state index in [9.17, 15) is 18.0 Å². The zero-order valence-corrected chi connectivity index (χ0v) is 10.6. The first kappa shape index (κ1) is 13.4. The lowest BCUT2D eigenvalue weighted by atomic mass is 9.95. The molecule has 19 heavy (non-hydrogen) atoms. The number of allylic oxidation sites excluding steroid dienone is 4. The first-order valence-electron chi connectivity index (χ1n) is 5.41. The third-order valence-corrected chi connectivity index (χ3v) is 3.59. The summed E-state index contributed by atoms with van der Waals surface area (Å²) in [5.74, 6) is -1.12. The Labute approximate surface area is 110 Å². The van der Waals surface area contributed by atoms with E-state index >= 15 is 0 Å². The van der Waals surface area contributed by atoms with Gasteiger partial charge in [-0.15, -0.1) is 0 Å². The van der Waals surface area contributed by atoms with Gasteiger partial charge in [-0.2, -0.15) is 8.42 Å². The molecule has 1 aliphatic rings. The molecule has 0 amide bonds. The molecule has 0 heterocycles. The number of Topliss-reactive ketones (excluding diaryl/α,β-unsaturated/α-hetero) is 2. The zero-order chi connectivity index (χ0) is 14.0. The monoisotopic (exact) mass is 278 g/mol. The Morgan fingerprint density at radius 2 is 1.74 bits per heavy atom. The summed E-state index contributed by atoms with van der Waals surface area (Å²) in [5, 5.41) is 0. The summed E-state index contributed by atoms with van der Waals surface area (Å²) in [6.45, 7) is 0. The van der Waals surface area contributed by atoms with Gasteiger partial charge in [-0.25, -0.2) is 0 Å². The summed E-state index contributed by atoms with van der Waals surface area (Å²) in [6, 6.07) is 8.36. The average molecular weight is 278 g/mol. The van der Waals surface area contributed by atoms with Crippen LogP contribution >= 0.6 is 0 Å². The first-order valence-corrected chi connectivity index (χ1v) is 6.85. The molecule has 0 radical (unpaired) electrons. The van der Waals surface area contributed by atoms with Gasteiger partial charge >= 0.3 is 0 Å². The maximum atomic E-state index is 12.0. The number of hydrogen-bond acceptors (Lipinski definition) is 4. The van der Waals surface area contributed by atoms with E-state index in [2.05, 4.69) is 0 Å². The standard InChI is InChI=1S/C13H10O5S/c14-11-8-10(6-7-12(11)19(16,17)18)13(15)9-4-2-1-3-5-9/h1-7H,8H2,(H,16,17,18). The topological polar surface area (TPSA) is 88.5 Å². The molecule has 0 unspecified atom stereocenters. The molecule has 1 aromatic carbocycles. The SMILES string of the molecule is O=C1CC(C(=O)c2ccccc2)=CC=C1S(=O)(=O)O. The summed E-state index contributed by atoms with van der Waals surface area (Å²) in [7, 11) is -4.53. The Balaban J connectivity index is 2.35. The second kappa shape index (κ2) is 4.91. The van der Waals surface area contributed by atoms with Gasteiger partial charge in [-0.05, 0) is 6.08 Å². The lowest BCUT2D eigenvalue weighted by molar-refractivity contribution is -0.114. The van der Waals surface area contributed by atoms with Gasteiger partial charge in [0.1, 0.15) is 4.91 Å². The molecule has 0 saturated carbocycles. The fraction of sp³-hybridized carbons (Fsp3) is 0.0769. The molecule has 1 N–H and O–H groups in total. The number of carbonyl (C=O) groups is 2. The highest BCUT2D eigenvalue weighted by Gasteiger charge is 2.27. The van der Waals surface area contributed by atoms with Crippen molar-refractivity contribution < 1.29 is 22.6 Å². The average Bonchev–Trinajstić information content (AvgIpc) is 2.37. The highest BCUT2D eigenvalue weighted by Crippen LogP contribution is 2.21. The predicted octanol–water partition coefficient (Wildman–Crippen LogP) is 1.54. The third kappa shape index (κ3) is 2.86. The van der Waals surface area contributed by atoms with Crippen molar-refractivity contribution in [3.8, 4) is 0 Å². The Hall–Kier alpha value is -2.05. The van der Waals surface area contributed by atoms with Gasteiger partial charge in [0.05, 0.1) is 0 Å². The Morgan fingerprint density at radius 3 is 2.26 bits per heavy atom. The number of ketones is 2. The molecule has 0 fully saturated rings. The van der Waals surface area contributed by atoms with E-state index in [0.29, 0.717) is 5.56 Å². The zero-order valence-electron chi connectivity index (χ0n) is 9.74. The van der Waals surface area contributed by atoms with Gasteiger partial charge in [-0.3, -0.25) is 14.1 Å². The van der Waals surface area contributed by atoms with Crippen molar-refractivity contribution in [3.05, 3.63) is 58.5 Å². The quantitative estimate of drug-likeness (QED) is 0.669. The fourth-order valence-corrected chi connectivity index (χ4v) is 2.35. The molecule has 6 heteroatoms. The van der Waals surface area contributed by atoms with E-state index in [0.717, 1.165) is 6.08 Å². The smallest absolute Gasteiger partial charge is 0.293 e. The predicted molar refractivity (Wildman–Crippen MR) is 68.1 cm³/mol. The van der Waals surface area contributed by atoms with Crippen molar-refractivity contribution in [3.63, 3.8) is 0 Å². The molecule has 0 bridgehead atoms. The highest BCUT2D eigenvalue weighted by molar-refractivity contribution is 7.90. The van der Waals surface area contributed by atoms with E-state index in [4.69, 9.17) is 4.55 Å². The van der Waals surface area contributed by atoms with Crippen LogP contribution in [0.15, 0.2) is 53.0 Å². The fourth-order valence-electron chi connectivity index (χ4n) is 1.75. The van der Waals surface area contributed by atoms with Crippen LogP contribution in [0.2, 0.25) is 0 Å². The lowest BCUT2D eigenvalue weighted by Gasteiger charge is -2.11. The Bertz CT molecular complexity index is 696. The van der Waals surface area contributed by atoms with E-state index in [1.165, 1.54) is 6.08 Å². The normalized spacial score (nSPS) is 15.7. The molecule has 2 rings (SSSR count).